The second-order valence-electron chi connectivity index (χ2n) is 4.46. The molecule has 0 fully saturated rings. The zero-order valence-electron chi connectivity index (χ0n) is 11.2. The van der Waals surface area contributed by atoms with Gasteiger partial charge in [0.1, 0.15) is 0 Å². The average Bonchev–Trinajstić information content (AvgIpc) is 2.32. The Morgan fingerprint density at radius 3 is 2.06 bits per heavy atom. The predicted molar refractivity (Wildman–Crippen MR) is 70.3 cm³/mol. The Hall–Kier alpha value is -0.550. The normalized spacial score (nSPS) is 10.6. The van der Waals surface area contributed by atoms with Crippen LogP contribution in [0.25, 0.3) is 0 Å². The van der Waals surface area contributed by atoms with Crippen molar-refractivity contribution in [1.29, 1.82) is 5.26 Å². The molecule has 2 nitrogen and oxygen atoms in total. The first-order valence-corrected chi connectivity index (χ1v) is 6.94. The molecule has 0 saturated heterocycles. The molecule has 0 amide bonds. The lowest BCUT2D eigenvalue weighted by Crippen LogP contribution is -2.25. The van der Waals surface area contributed by atoms with Crippen LogP contribution in [0.4, 0.5) is 0 Å². The van der Waals surface area contributed by atoms with Gasteiger partial charge in [-0.3, -0.25) is 0 Å². The summed E-state index contributed by atoms with van der Waals surface area (Å²) < 4.78 is 0. The van der Waals surface area contributed by atoms with Crippen molar-refractivity contribution in [3.63, 3.8) is 0 Å². The fourth-order valence-corrected chi connectivity index (χ4v) is 1.93. The molecule has 0 heterocycles. The minimum Gasteiger partial charge on any atom is -0.303 e. The zero-order valence-corrected chi connectivity index (χ0v) is 11.2. The monoisotopic (exact) mass is 224 g/mol. The average molecular weight is 224 g/mol. The third kappa shape index (κ3) is 9.98. The molecule has 94 valence electrons. The first-order valence-electron chi connectivity index (χ1n) is 6.94. The fourth-order valence-electron chi connectivity index (χ4n) is 1.93. The third-order valence-corrected chi connectivity index (χ3v) is 3.06. The van der Waals surface area contributed by atoms with E-state index >= 15 is 0 Å². The van der Waals surface area contributed by atoms with Crippen LogP contribution in [0, 0.1) is 11.3 Å². The highest BCUT2D eigenvalue weighted by Crippen LogP contribution is 2.07. The number of rotatable bonds is 11. The molecule has 0 aromatic heterocycles. The third-order valence-electron chi connectivity index (χ3n) is 3.06. The van der Waals surface area contributed by atoms with Gasteiger partial charge in [-0.15, -0.1) is 0 Å². The first kappa shape index (κ1) is 15.4. The Labute approximate surface area is 102 Å². The number of nitriles is 1. The Morgan fingerprint density at radius 1 is 0.875 bits per heavy atom. The van der Waals surface area contributed by atoms with Gasteiger partial charge in [0, 0.05) is 13.0 Å². The topological polar surface area (TPSA) is 27.0 Å². The van der Waals surface area contributed by atoms with Crippen LogP contribution in [0.1, 0.15) is 65.2 Å². The van der Waals surface area contributed by atoms with E-state index in [1.165, 1.54) is 51.5 Å². The van der Waals surface area contributed by atoms with E-state index in [1.54, 1.807) is 0 Å². The van der Waals surface area contributed by atoms with E-state index in [1.807, 2.05) is 0 Å². The van der Waals surface area contributed by atoms with Crippen molar-refractivity contribution in [1.82, 2.24) is 4.90 Å². The molecule has 0 aromatic rings. The van der Waals surface area contributed by atoms with Crippen LogP contribution in [-0.4, -0.2) is 24.5 Å². The summed E-state index contributed by atoms with van der Waals surface area (Å²) in [6.45, 7) is 7.64. The van der Waals surface area contributed by atoms with Gasteiger partial charge in [-0.2, -0.15) is 5.26 Å². The van der Waals surface area contributed by atoms with Crippen molar-refractivity contribution >= 4 is 0 Å². The SMILES string of the molecule is CCCCCCCCCN(CC)CCC#N. The molecule has 0 rings (SSSR count). The van der Waals surface area contributed by atoms with Crippen LogP contribution in [0.3, 0.4) is 0 Å². The van der Waals surface area contributed by atoms with E-state index in [4.69, 9.17) is 5.26 Å². The molecule has 2 heteroatoms. The number of nitrogens with zero attached hydrogens (tertiary/aromatic N) is 2. The van der Waals surface area contributed by atoms with Crippen molar-refractivity contribution < 1.29 is 0 Å². The van der Waals surface area contributed by atoms with Crippen molar-refractivity contribution in [2.24, 2.45) is 0 Å². The molecule has 16 heavy (non-hydrogen) atoms. The second-order valence-corrected chi connectivity index (χ2v) is 4.46. The van der Waals surface area contributed by atoms with Gasteiger partial charge in [0.2, 0.25) is 0 Å². The van der Waals surface area contributed by atoms with E-state index in [9.17, 15) is 0 Å². The van der Waals surface area contributed by atoms with E-state index in [0.717, 1.165) is 13.1 Å². The van der Waals surface area contributed by atoms with Crippen LogP contribution in [0.2, 0.25) is 0 Å². The number of hydrogen-bond donors (Lipinski definition) is 0. The van der Waals surface area contributed by atoms with Crippen molar-refractivity contribution in [3.05, 3.63) is 0 Å². The maximum atomic E-state index is 8.53. The van der Waals surface area contributed by atoms with Crippen molar-refractivity contribution in [2.75, 3.05) is 19.6 Å². The Bertz CT molecular complexity index is 172. The van der Waals surface area contributed by atoms with Gasteiger partial charge < -0.3 is 4.90 Å². The van der Waals surface area contributed by atoms with Gasteiger partial charge in [-0.25, -0.2) is 0 Å². The molecule has 0 unspecified atom stereocenters. The van der Waals surface area contributed by atoms with Gasteiger partial charge in [0.25, 0.3) is 0 Å². The van der Waals surface area contributed by atoms with Crippen LogP contribution >= 0.6 is 0 Å². The lowest BCUT2D eigenvalue weighted by Gasteiger charge is -2.18. The van der Waals surface area contributed by atoms with E-state index in [-0.39, 0.29) is 0 Å². The quantitative estimate of drug-likeness (QED) is 0.496. The number of hydrogen-bond acceptors (Lipinski definition) is 2. The maximum Gasteiger partial charge on any atom is 0.0635 e. The molecule has 0 saturated carbocycles. The summed E-state index contributed by atoms with van der Waals surface area (Å²) in [4.78, 5) is 2.38. The summed E-state index contributed by atoms with van der Waals surface area (Å²) in [5.41, 5.74) is 0. The number of unbranched alkanes of at least 4 members (excludes halogenated alkanes) is 6. The van der Waals surface area contributed by atoms with Gasteiger partial charge in [-0.05, 0) is 19.5 Å². The summed E-state index contributed by atoms with van der Waals surface area (Å²) in [5.74, 6) is 0. The maximum absolute atomic E-state index is 8.53. The molecule has 0 atom stereocenters. The lowest BCUT2D eigenvalue weighted by atomic mass is 10.1. The molecule has 0 spiro atoms. The minimum atomic E-state index is 0.671. The molecule has 0 bridgehead atoms. The second kappa shape index (κ2) is 12.5. The molecule has 0 radical (unpaired) electrons. The van der Waals surface area contributed by atoms with Crippen LogP contribution in [0.15, 0.2) is 0 Å². The van der Waals surface area contributed by atoms with Crippen LogP contribution < -0.4 is 0 Å². The molecule has 0 aliphatic carbocycles. The lowest BCUT2D eigenvalue weighted by molar-refractivity contribution is 0.286. The largest absolute Gasteiger partial charge is 0.303 e. The Morgan fingerprint density at radius 2 is 1.50 bits per heavy atom. The van der Waals surface area contributed by atoms with Crippen LogP contribution in [0.5, 0.6) is 0 Å². The summed E-state index contributed by atoms with van der Waals surface area (Å²) in [5, 5.41) is 8.53. The minimum absolute atomic E-state index is 0.671. The van der Waals surface area contributed by atoms with E-state index < -0.39 is 0 Å². The smallest absolute Gasteiger partial charge is 0.0635 e. The first-order chi connectivity index (χ1) is 7.85. The molecule has 0 aliphatic rings. The van der Waals surface area contributed by atoms with Gasteiger partial charge in [0.15, 0.2) is 0 Å². The fraction of sp³-hybridized carbons (Fsp3) is 0.929. The molecule has 0 aromatic carbocycles. The van der Waals surface area contributed by atoms with E-state index in [2.05, 4.69) is 24.8 Å². The van der Waals surface area contributed by atoms with Crippen LogP contribution in [-0.2, 0) is 0 Å². The molecule has 0 aliphatic heterocycles. The van der Waals surface area contributed by atoms with Crippen molar-refractivity contribution in [3.8, 4) is 6.07 Å². The zero-order chi connectivity index (χ0) is 12.1. The summed E-state index contributed by atoms with van der Waals surface area (Å²) in [6.07, 6.45) is 10.2. The Kier molecular flexibility index (Phi) is 12.1. The Balaban J connectivity index is 3.24. The highest BCUT2D eigenvalue weighted by Gasteiger charge is 2.00. The van der Waals surface area contributed by atoms with E-state index in [0.29, 0.717) is 6.42 Å². The molecular formula is C14H28N2. The predicted octanol–water partition coefficient (Wildman–Crippen LogP) is 3.97. The van der Waals surface area contributed by atoms with Crippen molar-refractivity contribution in [2.45, 2.75) is 65.2 Å². The molecular weight excluding hydrogens is 196 g/mol. The molecule has 0 N–H and O–H groups in total. The summed E-state index contributed by atoms with van der Waals surface area (Å²) in [6, 6.07) is 2.22. The van der Waals surface area contributed by atoms with Gasteiger partial charge in [0.05, 0.1) is 6.07 Å². The highest BCUT2D eigenvalue weighted by atomic mass is 15.1. The highest BCUT2D eigenvalue weighted by molar-refractivity contribution is 4.71. The van der Waals surface area contributed by atoms with Gasteiger partial charge in [-0.1, -0.05) is 52.4 Å². The standard InChI is InChI=1S/C14H28N2/c1-3-5-6-7-8-9-10-13-16(4-2)14-11-12-15/h3-11,13-14H2,1-2H3. The summed E-state index contributed by atoms with van der Waals surface area (Å²) >= 11 is 0. The van der Waals surface area contributed by atoms with Gasteiger partial charge >= 0.3 is 0 Å². The summed E-state index contributed by atoms with van der Waals surface area (Å²) in [7, 11) is 0.